The Balaban J connectivity index is 1.90. The van der Waals surface area contributed by atoms with E-state index >= 15 is 0 Å². The van der Waals surface area contributed by atoms with Gasteiger partial charge >= 0.3 is 0 Å². The van der Waals surface area contributed by atoms with Crippen LogP contribution in [0.2, 0.25) is 0 Å². The first kappa shape index (κ1) is 20.0. The molecule has 1 aliphatic rings. The second-order valence-corrected chi connectivity index (χ2v) is 6.82. The Bertz CT molecular complexity index is 1130. The van der Waals surface area contributed by atoms with Crippen LogP contribution < -0.4 is 0 Å². The SMILES string of the molecule is O=C(c1c(F)c(F)c(F)c(F)c1F)N1CCc2ccccc2[C@H]1c1ccccc1F. The summed E-state index contributed by atoms with van der Waals surface area (Å²) in [5, 5.41) is 0. The molecule has 154 valence electrons. The molecular formula is C22H13F6NO. The van der Waals surface area contributed by atoms with Crippen LogP contribution >= 0.6 is 0 Å². The first-order valence-corrected chi connectivity index (χ1v) is 8.97. The zero-order valence-electron chi connectivity index (χ0n) is 15.2. The molecule has 0 bridgehead atoms. The van der Waals surface area contributed by atoms with Crippen LogP contribution in [0, 0.1) is 34.9 Å². The predicted octanol–water partition coefficient (Wildman–Crippen LogP) is 5.31. The van der Waals surface area contributed by atoms with Gasteiger partial charge in [0.05, 0.1) is 6.04 Å². The Morgan fingerprint density at radius 2 is 1.27 bits per heavy atom. The molecule has 0 unspecified atom stereocenters. The van der Waals surface area contributed by atoms with Gasteiger partial charge in [0.15, 0.2) is 23.3 Å². The van der Waals surface area contributed by atoms with E-state index in [0.717, 1.165) is 16.5 Å². The number of carbonyl (C=O) groups excluding carboxylic acids is 1. The minimum Gasteiger partial charge on any atom is -0.327 e. The molecule has 3 aromatic carbocycles. The molecule has 0 aliphatic carbocycles. The molecular weight excluding hydrogens is 408 g/mol. The lowest BCUT2D eigenvalue weighted by atomic mass is 9.87. The summed E-state index contributed by atoms with van der Waals surface area (Å²) in [6.07, 6.45) is 0.266. The Morgan fingerprint density at radius 3 is 1.90 bits per heavy atom. The lowest BCUT2D eigenvalue weighted by Gasteiger charge is -2.38. The fraction of sp³-hybridized carbons (Fsp3) is 0.136. The molecule has 0 fully saturated rings. The van der Waals surface area contributed by atoms with Crippen LogP contribution in [-0.4, -0.2) is 17.4 Å². The highest BCUT2D eigenvalue weighted by molar-refractivity contribution is 5.95. The summed E-state index contributed by atoms with van der Waals surface area (Å²) in [4.78, 5) is 14.0. The first-order chi connectivity index (χ1) is 14.3. The number of hydrogen-bond donors (Lipinski definition) is 0. The van der Waals surface area contributed by atoms with Crippen molar-refractivity contribution in [2.24, 2.45) is 0 Å². The van der Waals surface area contributed by atoms with E-state index in [1.807, 2.05) is 0 Å². The van der Waals surface area contributed by atoms with Gasteiger partial charge in [-0.25, -0.2) is 26.3 Å². The molecule has 0 saturated carbocycles. The molecule has 1 atom stereocenters. The summed E-state index contributed by atoms with van der Waals surface area (Å²) in [6.45, 7) is -0.103. The molecule has 0 radical (unpaired) electrons. The Hall–Kier alpha value is -3.29. The van der Waals surface area contributed by atoms with Crippen molar-refractivity contribution in [3.8, 4) is 0 Å². The molecule has 2 nitrogen and oxygen atoms in total. The summed E-state index contributed by atoms with van der Waals surface area (Å²) < 4.78 is 83.8. The molecule has 0 N–H and O–H groups in total. The van der Waals surface area contributed by atoms with Crippen molar-refractivity contribution in [3.63, 3.8) is 0 Å². The van der Waals surface area contributed by atoms with Crippen molar-refractivity contribution in [1.82, 2.24) is 4.90 Å². The third kappa shape index (κ3) is 3.03. The quantitative estimate of drug-likeness (QED) is 0.312. The van der Waals surface area contributed by atoms with Crippen LogP contribution in [-0.2, 0) is 6.42 Å². The van der Waals surface area contributed by atoms with Crippen LogP contribution in [0.4, 0.5) is 26.3 Å². The molecule has 0 saturated heterocycles. The first-order valence-electron chi connectivity index (χ1n) is 8.97. The minimum atomic E-state index is -2.35. The maximum atomic E-state index is 14.6. The monoisotopic (exact) mass is 421 g/mol. The Morgan fingerprint density at radius 1 is 0.733 bits per heavy atom. The number of halogens is 6. The number of nitrogens with zero attached hydrogens (tertiary/aromatic N) is 1. The number of rotatable bonds is 2. The van der Waals surface area contributed by atoms with E-state index < -0.39 is 52.4 Å². The van der Waals surface area contributed by atoms with Crippen molar-refractivity contribution in [3.05, 3.63) is 106 Å². The zero-order chi connectivity index (χ0) is 21.6. The summed E-state index contributed by atoms with van der Waals surface area (Å²) in [7, 11) is 0. The second-order valence-electron chi connectivity index (χ2n) is 6.82. The molecule has 8 heteroatoms. The number of hydrogen-bond acceptors (Lipinski definition) is 1. The van der Waals surface area contributed by atoms with Gasteiger partial charge in [-0.2, -0.15) is 0 Å². The van der Waals surface area contributed by atoms with E-state index in [1.54, 1.807) is 24.3 Å². The average molecular weight is 421 g/mol. The number of carbonyl (C=O) groups is 1. The maximum Gasteiger partial charge on any atom is 0.260 e. The number of fused-ring (bicyclic) bond motifs is 1. The van der Waals surface area contributed by atoms with Gasteiger partial charge in [-0.1, -0.05) is 42.5 Å². The second kappa shape index (κ2) is 7.51. The molecule has 0 spiro atoms. The third-order valence-corrected chi connectivity index (χ3v) is 5.17. The van der Waals surface area contributed by atoms with Crippen molar-refractivity contribution >= 4 is 5.91 Å². The molecule has 1 aliphatic heterocycles. The van der Waals surface area contributed by atoms with Crippen molar-refractivity contribution in [2.45, 2.75) is 12.5 Å². The van der Waals surface area contributed by atoms with Gasteiger partial charge in [-0.3, -0.25) is 4.79 Å². The highest BCUT2D eigenvalue weighted by Gasteiger charge is 2.38. The highest BCUT2D eigenvalue weighted by Crippen LogP contribution is 2.38. The van der Waals surface area contributed by atoms with Gasteiger partial charge in [0.1, 0.15) is 11.4 Å². The van der Waals surface area contributed by atoms with E-state index in [2.05, 4.69) is 0 Å². The average Bonchev–Trinajstić information content (AvgIpc) is 2.76. The van der Waals surface area contributed by atoms with Crippen LogP contribution in [0.3, 0.4) is 0 Å². The highest BCUT2D eigenvalue weighted by atomic mass is 19.2. The number of benzene rings is 3. The van der Waals surface area contributed by atoms with E-state index in [0.29, 0.717) is 5.56 Å². The molecule has 1 amide bonds. The predicted molar refractivity (Wildman–Crippen MR) is 95.7 cm³/mol. The fourth-order valence-electron chi connectivity index (χ4n) is 3.75. The molecule has 1 heterocycles. The van der Waals surface area contributed by atoms with Gasteiger partial charge < -0.3 is 4.90 Å². The number of amides is 1. The third-order valence-electron chi connectivity index (χ3n) is 5.17. The topological polar surface area (TPSA) is 20.3 Å². The van der Waals surface area contributed by atoms with Crippen molar-refractivity contribution in [1.29, 1.82) is 0 Å². The Kier molecular flexibility index (Phi) is 5.01. The molecule has 0 aromatic heterocycles. The molecule has 4 rings (SSSR count). The minimum absolute atomic E-state index is 0.0434. The summed E-state index contributed by atoms with van der Waals surface area (Å²) >= 11 is 0. The van der Waals surface area contributed by atoms with Crippen LogP contribution in [0.1, 0.15) is 33.1 Å². The van der Waals surface area contributed by atoms with E-state index in [9.17, 15) is 31.1 Å². The summed E-state index contributed by atoms with van der Waals surface area (Å²) in [5.74, 6) is -13.3. The smallest absolute Gasteiger partial charge is 0.260 e. The van der Waals surface area contributed by atoms with E-state index in [-0.39, 0.29) is 18.5 Å². The lowest BCUT2D eigenvalue weighted by Crippen LogP contribution is -2.42. The molecule has 3 aromatic rings. The van der Waals surface area contributed by atoms with Gasteiger partial charge in [-0.15, -0.1) is 0 Å². The zero-order valence-corrected chi connectivity index (χ0v) is 15.2. The summed E-state index contributed by atoms with van der Waals surface area (Å²) in [6, 6.07) is 11.2. The van der Waals surface area contributed by atoms with E-state index in [4.69, 9.17) is 0 Å². The Labute approximate surface area is 167 Å². The van der Waals surface area contributed by atoms with Crippen molar-refractivity contribution in [2.75, 3.05) is 6.54 Å². The fourth-order valence-corrected chi connectivity index (χ4v) is 3.75. The lowest BCUT2D eigenvalue weighted by molar-refractivity contribution is 0.0678. The largest absolute Gasteiger partial charge is 0.327 e. The van der Waals surface area contributed by atoms with E-state index in [1.165, 1.54) is 18.2 Å². The standard InChI is InChI=1S/C22H13F6NO/c23-14-8-4-3-7-13(14)21-12-6-2-1-5-11(12)9-10-29(21)22(30)15-16(24)18(26)20(28)19(27)17(15)25/h1-8,21H,9-10H2/t21-/m0/s1. The van der Waals surface area contributed by atoms with Gasteiger partial charge in [0, 0.05) is 12.1 Å². The van der Waals surface area contributed by atoms with Gasteiger partial charge in [0.25, 0.3) is 5.91 Å². The van der Waals surface area contributed by atoms with Gasteiger partial charge in [0.2, 0.25) is 5.82 Å². The maximum absolute atomic E-state index is 14.6. The normalized spacial score (nSPS) is 15.8. The van der Waals surface area contributed by atoms with Crippen molar-refractivity contribution < 1.29 is 31.1 Å². The summed E-state index contributed by atoms with van der Waals surface area (Å²) in [5.41, 5.74) is -0.229. The van der Waals surface area contributed by atoms with Crippen LogP contribution in [0.25, 0.3) is 0 Å². The van der Waals surface area contributed by atoms with Crippen LogP contribution in [0.15, 0.2) is 48.5 Å². The molecule has 30 heavy (non-hydrogen) atoms. The van der Waals surface area contributed by atoms with Crippen LogP contribution in [0.5, 0.6) is 0 Å². The van der Waals surface area contributed by atoms with Gasteiger partial charge in [-0.05, 0) is 23.6 Å².